The van der Waals surface area contributed by atoms with Gasteiger partial charge in [0.25, 0.3) is 10.1 Å². The van der Waals surface area contributed by atoms with Crippen LogP contribution < -0.4 is 75.7 Å². The van der Waals surface area contributed by atoms with Crippen LogP contribution in [0.25, 0.3) is 11.1 Å². The van der Waals surface area contributed by atoms with E-state index in [1.165, 1.54) is 54.6 Å². The monoisotopic (exact) mass is 681 g/mol. The first-order valence-corrected chi connectivity index (χ1v) is 14.7. The Kier molecular flexibility index (Phi) is 13.2. The fourth-order valence-electron chi connectivity index (χ4n) is 4.00. The molecule has 0 saturated carbocycles. The molecule has 0 amide bonds. The minimum absolute atomic E-state index is 0. The molecule has 5 aromatic carbocycles. The standard InChI is InChI=1S/C31H24N8O6S.2Na/c32-26-16-27(33)29(39-36-22-9-12-24(13-10-22)46(43,44)45)17-28(26)38-35-21-7-3-19(4-8-21)18-1-5-20(6-2-18)34-37-23-11-14-30(40)25(15-23)31(41)42;;/h1-17,40H,32-33H2,(H,41,42)(H,43,44,45);;/q;2*+1/p-1. The van der Waals surface area contributed by atoms with Crippen molar-refractivity contribution < 1.29 is 87.1 Å². The van der Waals surface area contributed by atoms with Crippen molar-refractivity contribution in [3.8, 4) is 16.9 Å². The molecular formula is C31H23N8Na2O6S+. The number of hydrogen-bond donors (Lipinski definition) is 4. The molecule has 14 nitrogen and oxygen atoms in total. The van der Waals surface area contributed by atoms with Crippen LogP contribution in [-0.2, 0) is 10.1 Å². The molecule has 0 aromatic heterocycles. The summed E-state index contributed by atoms with van der Waals surface area (Å²) in [7, 11) is -4.32. The number of nitrogens with zero attached hydrogens (tertiary/aromatic N) is 6. The number of azo groups is 3. The van der Waals surface area contributed by atoms with E-state index in [1.807, 2.05) is 24.3 Å². The number of nitrogen functional groups attached to an aromatic ring is 2. The Morgan fingerprint density at radius 3 is 1.42 bits per heavy atom. The number of nitrogens with two attached hydrogens (primary N) is 2. The molecule has 0 fully saturated rings. The zero-order valence-corrected chi connectivity index (χ0v) is 30.4. The molecule has 0 heterocycles. The smallest absolute Gasteiger partial charge is 0.545 e. The molecule has 5 rings (SSSR count). The Morgan fingerprint density at radius 1 is 0.583 bits per heavy atom. The Hall–Kier alpha value is -4.32. The van der Waals surface area contributed by atoms with Gasteiger partial charge in [-0.2, -0.15) is 28.9 Å². The van der Waals surface area contributed by atoms with Crippen LogP contribution in [0.3, 0.4) is 0 Å². The SMILES string of the molecule is Nc1cc(N)c(N=Nc2ccc(S(=O)(=O)O)cc2)cc1N=Nc1ccc(-c2ccc(N=Nc3ccc(O)c(C(=O)[O-])c3)cc2)cc1.[Na+].[Na+]. The number of carboxylic acids is 1. The van der Waals surface area contributed by atoms with E-state index in [0.717, 1.165) is 11.1 Å². The van der Waals surface area contributed by atoms with Gasteiger partial charge in [0.15, 0.2) is 0 Å². The van der Waals surface area contributed by atoms with Gasteiger partial charge in [-0.3, -0.25) is 4.55 Å². The van der Waals surface area contributed by atoms with E-state index in [4.69, 9.17) is 16.0 Å². The molecule has 6 N–H and O–H groups in total. The zero-order chi connectivity index (χ0) is 32.8. The molecule has 0 aliphatic carbocycles. The number of carbonyl (C=O) groups excluding carboxylic acids is 1. The molecular weight excluding hydrogens is 658 g/mol. The second-order valence-electron chi connectivity index (χ2n) is 9.62. The van der Waals surface area contributed by atoms with Crippen LogP contribution in [0.15, 0.2) is 139 Å². The quantitative estimate of drug-likeness (QED) is 0.0758. The molecule has 5 aromatic rings. The van der Waals surface area contributed by atoms with Crippen LogP contribution in [0, 0.1) is 0 Å². The first-order valence-electron chi connectivity index (χ1n) is 13.2. The van der Waals surface area contributed by atoms with Crippen LogP contribution in [0.4, 0.5) is 45.5 Å². The van der Waals surface area contributed by atoms with Gasteiger partial charge in [-0.25, -0.2) is 0 Å². The molecule has 0 spiro atoms. The van der Waals surface area contributed by atoms with E-state index in [0.29, 0.717) is 22.7 Å². The van der Waals surface area contributed by atoms with E-state index in [-0.39, 0.29) is 92.3 Å². The predicted octanol–water partition coefficient (Wildman–Crippen LogP) is 1.09. The van der Waals surface area contributed by atoms with Crippen molar-refractivity contribution in [1.82, 2.24) is 0 Å². The molecule has 0 aliphatic heterocycles. The first kappa shape index (κ1) is 38.1. The van der Waals surface area contributed by atoms with Crippen molar-refractivity contribution in [3.63, 3.8) is 0 Å². The molecule has 0 aliphatic rings. The molecule has 0 bridgehead atoms. The summed E-state index contributed by atoms with van der Waals surface area (Å²) >= 11 is 0. The molecule has 0 saturated heterocycles. The average Bonchev–Trinajstić information content (AvgIpc) is 3.03. The number of benzene rings is 5. The van der Waals surface area contributed by atoms with Gasteiger partial charge in [0.1, 0.15) is 17.1 Å². The van der Waals surface area contributed by atoms with Gasteiger partial charge < -0.3 is 26.5 Å². The average molecular weight is 682 g/mol. The van der Waals surface area contributed by atoms with Crippen molar-refractivity contribution in [2.75, 3.05) is 11.5 Å². The summed E-state index contributed by atoms with van der Waals surface area (Å²) in [6.45, 7) is 0. The summed E-state index contributed by atoms with van der Waals surface area (Å²) < 4.78 is 31.5. The van der Waals surface area contributed by atoms with Gasteiger partial charge in [-0.05, 0) is 90.0 Å². The van der Waals surface area contributed by atoms with Crippen molar-refractivity contribution in [1.29, 1.82) is 0 Å². The third kappa shape index (κ3) is 9.85. The first-order chi connectivity index (χ1) is 22.0. The summed E-state index contributed by atoms with van der Waals surface area (Å²) in [5.74, 6) is -1.92. The second kappa shape index (κ2) is 16.7. The Bertz CT molecular complexity index is 2130. The van der Waals surface area contributed by atoms with E-state index in [1.54, 1.807) is 24.3 Å². The van der Waals surface area contributed by atoms with Crippen LogP contribution in [-0.4, -0.2) is 24.0 Å². The maximum atomic E-state index is 11.2. The van der Waals surface area contributed by atoms with E-state index in [9.17, 15) is 23.4 Å². The van der Waals surface area contributed by atoms with E-state index in [2.05, 4.69) is 30.7 Å². The van der Waals surface area contributed by atoms with Crippen LogP contribution in [0.2, 0.25) is 0 Å². The van der Waals surface area contributed by atoms with Crippen LogP contribution in [0.1, 0.15) is 10.4 Å². The number of carbonyl (C=O) groups is 1. The van der Waals surface area contributed by atoms with Crippen LogP contribution >= 0.6 is 0 Å². The summed E-state index contributed by atoms with van der Waals surface area (Å²) in [6.07, 6.45) is 0. The fraction of sp³-hybridized carbons (Fsp3) is 0. The summed E-state index contributed by atoms with van der Waals surface area (Å²) in [5.41, 5.74) is 16.3. The number of aromatic carboxylic acids is 1. The van der Waals surface area contributed by atoms with Crippen molar-refractivity contribution >= 4 is 61.6 Å². The van der Waals surface area contributed by atoms with Crippen molar-refractivity contribution in [2.45, 2.75) is 4.90 Å². The number of anilines is 2. The van der Waals surface area contributed by atoms with Crippen molar-refractivity contribution in [2.24, 2.45) is 30.7 Å². The summed E-state index contributed by atoms with van der Waals surface area (Å²) in [6, 6.07) is 26.4. The van der Waals surface area contributed by atoms with Gasteiger partial charge in [0.2, 0.25) is 0 Å². The minimum Gasteiger partial charge on any atom is -0.545 e. The van der Waals surface area contributed by atoms with E-state index < -0.39 is 21.8 Å². The molecule has 230 valence electrons. The van der Waals surface area contributed by atoms with Crippen LogP contribution in [0.5, 0.6) is 5.75 Å². The number of aromatic hydroxyl groups is 1. The minimum atomic E-state index is -4.32. The topological polar surface area (TPSA) is 241 Å². The number of phenols is 1. The third-order valence-electron chi connectivity index (χ3n) is 6.41. The van der Waals surface area contributed by atoms with Gasteiger partial charge in [0.05, 0.1) is 45.0 Å². The summed E-state index contributed by atoms with van der Waals surface area (Å²) in [4.78, 5) is 10.8. The maximum Gasteiger partial charge on any atom is 1.00 e. The predicted molar refractivity (Wildman–Crippen MR) is 168 cm³/mol. The molecule has 17 heteroatoms. The fourth-order valence-corrected chi connectivity index (χ4v) is 4.48. The largest absolute Gasteiger partial charge is 1.00 e. The van der Waals surface area contributed by atoms with Gasteiger partial charge in [0, 0.05) is 5.56 Å². The van der Waals surface area contributed by atoms with Gasteiger partial charge in [-0.1, -0.05) is 24.3 Å². The summed E-state index contributed by atoms with van der Waals surface area (Å²) in [5, 5.41) is 45.4. The Labute approximate surface area is 318 Å². The third-order valence-corrected chi connectivity index (χ3v) is 7.27. The number of hydrogen-bond acceptors (Lipinski definition) is 13. The van der Waals surface area contributed by atoms with Gasteiger partial charge in [-0.15, -0.1) is 10.2 Å². The maximum absolute atomic E-state index is 11.2. The zero-order valence-electron chi connectivity index (χ0n) is 25.6. The molecule has 0 unspecified atom stereocenters. The van der Waals surface area contributed by atoms with Crippen molar-refractivity contribution in [3.05, 3.63) is 109 Å². The molecule has 48 heavy (non-hydrogen) atoms. The van der Waals surface area contributed by atoms with E-state index >= 15 is 0 Å². The normalized spacial score (nSPS) is 11.4. The number of carboxylic acid groups (broad SMARTS) is 1. The molecule has 0 atom stereocenters. The molecule has 0 radical (unpaired) electrons. The Balaban J connectivity index is 0.00000312. The van der Waals surface area contributed by atoms with Gasteiger partial charge >= 0.3 is 59.1 Å². The Morgan fingerprint density at radius 2 is 0.979 bits per heavy atom. The number of rotatable bonds is 9. The second-order valence-corrected chi connectivity index (χ2v) is 11.0.